The van der Waals surface area contributed by atoms with E-state index in [0.717, 1.165) is 33.3 Å². The molecular weight excluding hydrogens is 417 g/mol. The molecular formula is C21H17BrNNaO3. The van der Waals surface area contributed by atoms with Crippen LogP contribution < -0.4 is 39.4 Å². The van der Waals surface area contributed by atoms with Crippen LogP contribution in [0, 0.1) is 0 Å². The maximum absolute atomic E-state index is 11.2. The van der Waals surface area contributed by atoms with Gasteiger partial charge in [0.15, 0.2) is 0 Å². The number of carboxylic acid groups (broad SMARTS) is 1. The van der Waals surface area contributed by atoms with Gasteiger partial charge < -0.3 is 14.6 Å². The Labute approximate surface area is 189 Å². The van der Waals surface area contributed by atoms with E-state index in [1.165, 1.54) is 6.07 Å². The van der Waals surface area contributed by atoms with Gasteiger partial charge in [-0.05, 0) is 42.3 Å². The van der Waals surface area contributed by atoms with Crippen LogP contribution in [-0.4, -0.2) is 17.6 Å². The summed E-state index contributed by atoms with van der Waals surface area (Å²) in [5, 5.41) is 11.2. The molecule has 27 heavy (non-hydrogen) atoms. The predicted octanol–water partition coefficient (Wildman–Crippen LogP) is 1.33. The Morgan fingerprint density at radius 2 is 1.78 bits per heavy atom. The molecule has 0 unspecified atom stereocenters. The van der Waals surface area contributed by atoms with Crippen LogP contribution in [0.15, 0.2) is 65.1 Å². The van der Waals surface area contributed by atoms with Crippen molar-refractivity contribution in [3.8, 4) is 28.1 Å². The number of carboxylic acids is 1. The first-order valence-electron chi connectivity index (χ1n) is 8.30. The molecule has 2 aromatic carbocycles. The number of benzene rings is 2. The molecule has 0 atom stereocenters. The summed E-state index contributed by atoms with van der Waals surface area (Å²) in [6, 6.07) is 18.5. The minimum atomic E-state index is -1.29. The normalized spacial score (nSPS) is 10.1. The zero-order valence-corrected chi connectivity index (χ0v) is 18.8. The molecule has 0 amide bonds. The minimum Gasteiger partial charge on any atom is -0.543 e. The molecule has 1 heterocycles. The van der Waals surface area contributed by atoms with E-state index in [1.54, 1.807) is 12.1 Å². The Bertz CT molecular complexity index is 946. The Hall–Kier alpha value is -1.66. The van der Waals surface area contributed by atoms with Gasteiger partial charge in [0.25, 0.3) is 0 Å². The third-order valence-electron chi connectivity index (χ3n) is 3.85. The Kier molecular flexibility index (Phi) is 8.05. The summed E-state index contributed by atoms with van der Waals surface area (Å²) in [5.74, 6) is -0.516. The number of aromatic nitrogens is 1. The second-order valence-electron chi connectivity index (χ2n) is 5.73. The van der Waals surface area contributed by atoms with Gasteiger partial charge in [-0.25, -0.2) is 4.98 Å². The summed E-state index contributed by atoms with van der Waals surface area (Å²) in [6.07, 6.45) is 0.909. The van der Waals surface area contributed by atoms with Crippen molar-refractivity contribution in [3.63, 3.8) is 0 Å². The molecule has 0 spiro atoms. The van der Waals surface area contributed by atoms with Gasteiger partial charge in [0, 0.05) is 15.6 Å². The average molecular weight is 434 g/mol. The van der Waals surface area contributed by atoms with E-state index in [4.69, 9.17) is 4.74 Å². The van der Waals surface area contributed by atoms with E-state index in [0.29, 0.717) is 12.3 Å². The fourth-order valence-electron chi connectivity index (χ4n) is 2.69. The molecule has 0 fully saturated rings. The van der Waals surface area contributed by atoms with E-state index >= 15 is 0 Å². The number of hydrogen-bond acceptors (Lipinski definition) is 4. The molecule has 4 nitrogen and oxygen atoms in total. The standard InChI is InChI=1S/C21H18BrNO3.Na/c1-2-12-26-20-11-10-14(22)13-17(20)15-6-3-4-7-16(15)18-8-5-9-19(23-18)21(24)25;/h3-11,13H,2,12H2,1H3,(H,24,25);/q;+1/p-1. The van der Waals surface area contributed by atoms with Crippen LogP contribution in [0.1, 0.15) is 23.8 Å². The topological polar surface area (TPSA) is 62.2 Å². The number of ether oxygens (including phenoxy) is 1. The molecule has 1 aromatic heterocycles. The van der Waals surface area contributed by atoms with Gasteiger partial charge in [-0.3, -0.25) is 0 Å². The Morgan fingerprint density at radius 1 is 1.04 bits per heavy atom. The third-order valence-corrected chi connectivity index (χ3v) is 4.35. The number of carbonyl (C=O) groups excluding carboxylic acids is 1. The van der Waals surface area contributed by atoms with Gasteiger partial charge >= 0.3 is 29.6 Å². The second-order valence-corrected chi connectivity index (χ2v) is 6.65. The summed E-state index contributed by atoms with van der Waals surface area (Å²) >= 11 is 3.52. The molecule has 0 bridgehead atoms. The number of rotatable bonds is 6. The molecule has 0 saturated carbocycles. The van der Waals surface area contributed by atoms with Crippen LogP contribution in [0.3, 0.4) is 0 Å². The number of nitrogens with zero attached hydrogens (tertiary/aromatic N) is 1. The van der Waals surface area contributed by atoms with Crippen molar-refractivity contribution in [1.82, 2.24) is 4.98 Å². The first-order chi connectivity index (χ1) is 12.6. The molecule has 0 aliphatic heterocycles. The first kappa shape index (κ1) is 21.6. The van der Waals surface area contributed by atoms with Crippen molar-refractivity contribution in [2.75, 3.05) is 6.61 Å². The minimum absolute atomic E-state index is 0. The molecule has 132 valence electrons. The van der Waals surface area contributed by atoms with Crippen molar-refractivity contribution >= 4 is 21.9 Å². The van der Waals surface area contributed by atoms with Crippen LogP contribution in [0.4, 0.5) is 0 Å². The van der Waals surface area contributed by atoms with Crippen molar-refractivity contribution in [3.05, 3.63) is 70.8 Å². The number of pyridine rings is 1. The van der Waals surface area contributed by atoms with E-state index in [9.17, 15) is 9.90 Å². The zero-order chi connectivity index (χ0) is 18.5. The summed E-state index contributed by atoms with van der Waals surface area (Å²) in [7, 11) is 0. The van der Waals surface area contributed by atoms with Gasteiger partial charge in [0.1, 0.15) is 5.75 Å². The monoisotopic (exact) mass is 433 g/mol. The van der Waals surface area contributed by atoms with Crippen LogP contribution in [0.2, 0.25) is 0 Å². The summed E-state index contributed by atoms with van der Waals surface area (Å²) in [6.45, 7) is 2.68. The number of aromatic carboxylic acids is 1. The summed E-state index contributed by atoms with van der Waals surface area (Å²) < 4.78 is 6.84. The average Bonchev–Trinajstić information content (AvgIpc) is 2.67. The molecule has 0 aliphatic rings. The molecule has 0 radical (unpaired) electrons. The smallest absolute Gasteiger partial charge is 0.543 e. The van der Waals surface area contributed by atoms with Gasteiger partial charge in [-0.2, -0.15) is 0 Å². The quantitative estimate of drug-likeness (QED) is 0.550. The fraction of sp³-hybridized carbons (Fsp3) is 0.143. The van der Waals surface area contributed by atoms with Crippen LogP contribution in [0.5, 0.6) is 5.75 Å². The molecule has 3 rings (SSSR count). The van der Waals surface area contributed by atoms with E-state index in [-0.39, 0.29) is 35.3 Å². The maximum atomic E-state index is 11.2. The van der Waals surface area contributed by atoms with Crippen molar-refractivity contribution in [2.45, 2.75) is 13.3 Å². The van der Waals surface area contributed by atoms with Crippen LogP contribution in [0.25, 0.3) is 22.4 Å². The number of halogens is 1. The molecule has 0 aliphatic carbocycles. The third kappa shape index (κ3) is 5.20. The Balaban J connectivity index is 0.00000261. The largest absolute Gasteiger partial charge is 1.00 e. The summed E-state index contributed by atoms with van der Waals surface area (Å²) in [4.78, 5) is 15.4. The van der Waals surface area contributed by atoms with Gasteiger partial charge in [-0.15, -0.1) is 0 Å². The van der Waals surface area contributed by atoms with Gasteiger partial charge in [-0.1, -0.05) is 53.2 Å². The molecule has 0 saturated heterocycles. The predicted molar refractivity (Wildman–Crippen MR) is 103 cm³/mol. The van der Waals surface area contributed by atoms with Crippen molar-refractivity contribution in [2.24, 2.45) is 0 Å². The first-order valence-corrected chi connectivity index (χ1v) is 9.10. The van der Waals surface area contributed by atoms with Crippen LogP contribution in [-0.2, 0) is 0 Å². The fourth-order valence-corrected chi connectivity index (χ4v) is 3.05. The molecule has 6 heteroatoms. The SMILES string of the molecule is CCCOc1ccc(Br)cc1-c1ccccc1-c1cccc(C(=O)[O-])n1.[Na+]. The number of carbonyl (C=O) groups is 1. The zero-order valence-electron chi connectivity index (χ0n) is 15.2. The molecule has 3 aromatic rings. The maximum Gasteiger partial charge on any atom is 1.00 e. The summed E-state index contributed by atoms with van der Waals surface area (Å²) in [5.41, 5.74) is 3.15. The van der Waals surface area contributed by atoms with E-state index in [2.05, 4.69) is 27.8 Å². The van der Waals surface area contributed by atoms with Crippen molar-refractivity contribution < 1.29 is 44.2 Å². The number of hydrogen-bond donors (Lipinski definition) is 0. The molecule has 0 N–H and O–H groups in total. The van der Waals surface area contributed by atoms with Gasteiger partial charge in [0.05, 0.1) is 24.0 Å². The van der Waals surface area contributed by atoms with E-state index < -0.39 is 5.97 Å². The second kappa shape index (κ2) is 10.0. The van der Waals surface area contributed by atoms with Crippen molar-refractivity contribution in [1.29, 1.82) is 0 Å². The van der Waals surface area contributed by atoms with Gasteiger partial charge in [0.2, 0.25) is 0 Å². The van der Waals surface area contributed by atoms with E-state index in [1.807, 2.05) is 42.5 Å². The van der Waals surface area contributed by atoms with Crippen LogP contribution >= 0.6 is 15.9 Å². The Morgan fingerprint density at radius 3 is 2.48 bits per heavy atom.